The maximum absolute atomic E-state index is 11.9. The van der Waals surface area contributed by atoms with E-state index in [0.717, 1.165) is 32.1 Å². The average molecular weight is 298 g/mol. The van der Waals surface area contributed by atoms with Crippen LogP contribution in [0.25, 0.3) is 0 Å². The minimum absolute atomic E-state index is 0.111. The maximum atomic E-state index is 11.9. The molecule has 0 aromatic heterocycles. The lowest BCUT2D eigenvalue weighted by Gasteiger charge is -2.33. The second-order valence-electron chi connectivity index (χ2n) is 6.85. The summed E-state index contributed by atoms with van der Waals surface area (Å²) in [5, 5.41) is 15.1. The zero-order chi connectivity index (χ0) is 15.9. The molecule has 2 amide bonds. The molecule has 0 aromatic rings. The van der Waals surface area contributed by atoms with Crippen LogP contribution in [-0.4, -0.2) is 29.7 Å². The average Bonchev–Trinajstić information content (AvgIpc) is 2.44. The molecule has 5 nitrogen and oxygen atoms in total. The van der Waals surface area contributed by atoms with E-state index in [9.17, 15) is 14.7 Å². The lowest BCUT2D eigenvalue weighted by atomic mass is 9.74. The number of aliphatic carboxylic acids is 1. The number of carbonyl (C=O) groups excluding carboxylic acids is 1. The van der Waals surface area contributed by atoms with Crippen LogP contribution in [-0.2, 0) is 4.79 Å². The summed E-state index contributed by atoms with van der Waals surface area (Å²) in [6.07, 6.45) is 6.28. The Hall–Kier alpha value is -1.26. The first-order chi connectivity index (χ1) is 9.85. The fourth-order valence-corrected chi connectivity index (χ4v) is 2.87. The largest absolute Gasteiger partial charge is 0.481 e. The minimum atomic E-state index is -0.782. The molecule has 0 radical (unpaired) electrons. The third-order valence-electron chi connectivity index (χ3n) is 4.41. The number of nitrogens with one attached hydrogen (secondary N) is 2. The van der Waals surface area contributed by atoms with Crippen LogP contribution in [0.15, 0.2) is 0 Å². The van der Waals surface area contributed by atoms with Crippen molar-refractivity contribution in [1.82, 2.24) is 10.6 Å². The Labute approximate surface area is 127 Å². The van der Waals surface area contributed by atoms with Gasteiger partial charge in [-0.25, -0.2) is 4.79 Å². The highest BCUT2D eigenvalue weighted by molar-refractivity contribution is 5.78. The van der Waals surface area contributed by atoms with Gasteiger partial charge in [-0.05, 0) is 38.5 Å². The van der Waals surface area contributed by atoms with E-state index < -0.39 is 11.4 Å². The van der Waals surface area contributed by atoms with Gasteiger partial charge in [-0.1, -0.05) is 33.1 Å². The highest BCUT2D eigenvalue weighted by atomic mass is 16.4. The van der Waals surface area contributed by atoms with Gasteiger partial charge in [-0.15, -0.1) is 0 Å². The Morgan fingerprint density at radius 1 is 1.10 bits per heavy atom. The van der Waals surface area contributed by atoms with Gasteiger partial charge in [0.25, 0.3) is 0 Å². The molecule has 1 unspecified atom stereocenters. The Morgan fingerprint density at radius 3 is 2.24 bits per heavy atom. The van der Waals surface area contributed by atoms with E-state index in [1.54, 1.807) is 0 Å². The zero-order valence-electron chi connectivity index (χ0n) is 13.6. The summed E-state index contributed by atoms with van der Waals surface area (Å²) in [7, 11) is 0. The highest BCUT2D eigenvalue weighted by Crippen LogP contribution is 2.35. The van der Waals surface area contributed by atoms with E-state index in [-0.39, 0.29) is 18.6 Å². The van der Waals surface area contributed by atoms with Gasteiger partial charge < -0.3 is 15.7 Å². The fraction of sp³-hybridized carbons (Fsp3) is 0.875. The smallest absolute Gasteiger partial charge is 0.315 e. The Morgan fingerprint density at radius 2 is 1.71 bits per heavy atom. The van der Waals surface area contributed by atoms with Crippen LogP contribution in [0.5, 0.6) is 0 Å². The number of carboxylic acids is 1. The summed E-state index contributed by atoms with van der Waals surface area (Å²) in [4.78, 5) is 23.4. The van der Waals surface area contributed by atoms with Crippen LogP contribution in [0, 0.1) is 11.3 Å². The van der Waals surface area contributed by atoms with E-state index >= 15 is 0 Å². The van der Waals surface area contributed by atoms with Gasteiger partial charge >= 0.3 is 12.0 Å². The van der Waals surface area contributed by atoms with E-state index in [0.29, 0.717) is 18.8 Å². The highest BCUT2D eigenvalue weighted by Gasteiger charge is 2.39. The minimum Gasteiger partial charge on any atom is -0.481 e. The van der Waals surface area contributed by atoms with E-state index in [4.69, 9.17) is 0 Å². The van der Waals surface area contributed by atoms with Crippen molar-refractivity contribution < 1.29 is 14.7 Å². The molecule has 5 heteroatoms. The molecule has 1 aliphatic rings. The van der Waals surface area contributed by atoms with Crippen molar-refractivity contribution in [2.75, 3.05) is 6.54 Å². The van der Waals surface area contributed by atoms with Crippen molar-refractivity contribution in [3.05, 3.63) is 0 Å². The molecule has 1 fully saturated rings. The summed E-state index contributed by atoms with van der Waals surface area (Å²) in [6.45, 7) is 6.53. The first-order valence-electron chi connectivity index (χ1n) is 8.13. The van der Waals surface area contributed by atoms with Crippen LogP contribution in [0.4, 0.5) is 4.79 Å². The molecule has 1 rings (SSSR count). The van der Waals surface area contributed by atoms with Crippen molar-refractivity contribution in [3.63, 3.8) is 0 Å². The van der Waals surface area contributed by atoms with Crippen molar-refractivity contribution in [1.29, 1.82) is 0 Å². The zero-order valence-corrected chi connectivity index (χ0v) is 13.6. The van der Waals surface area contributed by atoms with Gasteiger partial charge in [0.1, 0.15) is 0 Å². The molecule has 1 saturated carbocycles. The number of hydrogen-bond donors (Lipinski definition) is 3. The van der Waals surface area contributed by atoms with Gasteiger partial charge in [0.15, 0.2) is 0 Å². The molecule has 0 heterocycles. The van der Waals surface area contributed by atoms with Crippen LogP contribution in [0.3, 0.4) is 0 Å². The molecule has 0 spiro atoms. The Bertz CT molecular complexity index is 349. The number of urea groups is 1. The molecule has 3 N–H and O–H groups in total. The molecule has 0 bridgehead atoms. The van der Waals surface area contributed by atoms with E-state index in [1.165, 1.54) is 0 Å². The summed E-state index contributed by atoms with van der Waals surface area (Å²) >= 11 is 0. The third-order valence-corrected chi connectivity index (χ3v) is 4.41. The number of carboxylic acid groups (broad SMARTS) is 1. The van der Waals surface area contributed by atoms with Gasteiger partial charge in [0.05, 0.1) is 5.41 Å². The molecule has 0 aliphatic heterocycles. The SMILES string of the molecule is CC(C)CCC(C)NC(=O)NCC1(C(=O)O)CCCCC1. The number of amides is 2. The molecular formula is C16H30N2O3. The van der Waals surface area contributed by atoms with Crippen LogP contribution < -0.4 is 10.6 Å². The normalized spacial score (nSPS) is 19.0. The number of rotatable bonds is 7. The second kappa shape index (κ2) is 8.25. The van der Waals surface area contributed by atoms with Crippen molar-refractivity contribution in [3.8, 4) is 0 Å². The van der Waals surface area contributed by atoms with Gasteiger partial charge in [-0.3, -0.25) is 4.79 Å². The fourth-order valence-electron chi connectivity index (χ4n) is 2.87. The van der Waals surface area contributed by atoms with Crippen molar-refractivity contribution in [2.24, 2.45) is 11.3 Å². The molecule has 0 aromatic carbocycles. The molecule has 1 aliphatic carbocycles. The van der Waals surface area contributed by atoms with Gasteiger partial charge in [0.2, 0.25) is 0 Å². The summed E-state index contributed by atoms with van der Waals surface area (Å²) < 4.78 is 0. The Kier molecular flexibility index (Phi) is 6.99. The quantitative estimate of drug-likeness (QED) is 0.675. The second-order valence-corrected chi connectivity index (χ2v) is 6.85. The maximum Gasteiger partial charge on any atom is 0.315 e. The van der Waals surface area contributed by atoms with E-state index in [2.05, 4.69) is 24.5 Å². The van der Waals surface area contributed by atoms with E-state index in [1.807, 2.05) is 6.92 Å². The first-order valence-corrected chi connectivity index (χ1v) is 8.13. The lowest BCUT2D eigenvalue weighted by Crippen LogP contribution is -2.48. The first kappa shape index (κ1) is 17.8. The molecular weight excluding hydrogens is 268 g/mol. The molecule has 1 atom stereocenters. The number of carbonyl (C=O) groups is 2. The summed E-state index contributed by atoms with van der Waals surface area (Å²) in [5.41, 5.74) is -0.767. The summed E-state index contributed by atoms with van der Waals surface area (Å²) in [6, 6.07) is -0.142. The predicted octanol–water partition coefficient (Wildman–Crippen LogP) is 3.15. The van der Waals surface area contributed by atoms with Crippen molar-refractivity contribution in [2.45, 2.75) is 71.8 Å². The van der Waals surface area contributed by atoms with Gasteiger partial charge in [-0.2, -0.15) is 0 Å². The van der Waals surface area contributed by atoms with Crippen molar-refractivity contribution >= 4 is 12.0 Å². The molecule has 21 heavy (non-hydrogen) atoms. The van der Waals surface area contributed by atoms with Crippen LogP contribution >= 0.6 is 0 Å². The van der Waals surface area contributed by atoms with Crippen LogP contribution in [0.2, 0.25) is 0 Å². The van der Waals surface area contributed by atoms with Crippen LogP contribution in [0.1, 0.15) is 65.7 Å². The standard InChI is InChI=1S/C16H30N2O3/c1-12(2)7-8-13(3)18-15(21)17-11-16(14(19)20)9-5-4-6-10-16/h12-13H,4-11H2,1-3H3,(H,19,20)(H2,17,18,21). The predicted molar refractivity (Wildman–Crippen MR) is 83.2 cm³/mol. The monoisotopic (exact) mass is 298 g/mol. The summed E-state index contributed by atoms with van der Waals surface area (Å²) in [5.74, 6) is -0.162. The molecule has 122 valence electrons. The lowest BCUT2D eigenvalue weighted by molar-refractivity contribution is -0.150. The topological polar surface area (TPSA) is 78.4 Å². The Balaban J connectivity index is 2.38. The van der Waals surface area contributed by atoms with Gasteiger partial charge in [0, 0.05) is 12.6 Å². The third kappa shape index (κ3) is 5.94. The number of hydrogen-bond acceptors (Lipinski definition) is 2. The molecule has 0 saturated heterocycles.